The Bertz CT molecular complexity index is 1350. The van der Waals surface area contributed by atoms with E-state index in [0.717, 1.165) is 36.6 Å². The molecule has 0 aliphatic carbocycles. The summed E-state index contributed by atoms with van der Waals surface area (Å²) in [5.74, 6) is -0.0990. The third-order valence-corrected chi connectivity index (χ3v) is 7.18. The highest BCUT2D eigenvalue weighted by Crippen LogP contribution is 2.38. The van der Waals surface area contributed by atoms with Crippen molar-refractivity contribution in [3.8, 4) is 11.5 Å². The minimum absolute atomic E-state index is 0.216. The van der Waals surface area contributed by atoms with Crippen molar-refractivity contribution in [2.45, 2.75) is 19.6 Å². The largest absolute Gasteiger partial charge is 0.493 e. The molecule has 35 heavy (non-hydrogen) atoms. The molecule has 0 unspecified atom stereocenters. The van der Waals surface area contributed by atoms with E-state index in [9.17, 15) is 14.4 Å². The van der Waals surface area contributed by atoms with Crippen molar-refractivity contribution in [1.82, 2.24) is 4.90 Å². The molecule has 180 valence electrons. The first-order valence-corrected chi connectivity index (χ1v) is 12.5. The summed E-state index contributed by atoms with van der Waals surface area (Å²) < 4.78 is 17.1. The topological polar surface area (TPSA) is 82.1 Å². The Morgan fingerprint density at radius 3 is 2.54 bits per heavy atom. The van der Waals surface area contributed by atoms with Crippen LogP contribution in [0.5, 0.6) is 11.5 Å². The molecule has 0 bridgehead atoms. The number of thioether (sulfide) groups is 1. The number of amides is 2. The second kappa shape index (κ2) is 10.7. The molecule has 1 heterocycles. The minimum atomic E-state index is -1.00. The molecule has 0 aromatic heterocycles. The maximum atomic E-state index is 12.8. The van der Waals surface area contributed by atoms with Crippen molar-refractivity contribution in [2.75, 3.05) is 14.2 Å². The van der Waals surface area contributed by atoms with Gasteiger partial charge in [0.05, 0.1) is 22.7 Å². The maximum absolute atomic E-state index is 12.8. The van der Waals surface area contributed by atoms with Gasteiger partial charge in [-0.05, 0) is 87.5 Å². The molecule has 9 heteroatoms. The lowest BCUT2D eigenvalue weighted by molar-refractivity contribution is -0.148. The lowest BCUT2D eigenvalue weighted by Gasteiger charge is -2.18. The highest BCUT2D eigenvalue weighted by atomic mass is 127. The van der Waals surface area contributed by atoms with Crippen LogP contribution in [-0.2, 0) is 20.9 Å². The highest BCUT2D eigenvalue weighted by Gasteiger charge is 2.41. The predicted octanol–water partition coefficient (Wildman–Crippen LogP) is 5.63. The first-order valence-electron chi connectivity index (χ1n) is 10.6. The van der Waals surface area contributed by atoms with Crippen molar-refractivity contribution in [3.63, 3.8) is 0 Å². The fraction of sp³-hybridized carbons (Fsp3) is 0.192. The Labute approximate surface area is 220 Å². The summed E-state index contributed by atoms with van der Waals surface area (Å²) in [6, 6.07) is 16.9. The number of carbonyl (C=O) groups excluding carboxylic acids is 3. The quantitative estimate of drug-likeness (QED) is 0.197. The molecule has 3 aromatic carbocycles. The van der Waals surface area contributed by atoms with Crippen LogP contribution in [0.25, 0.3) is 16.8 Å². The average molecular weight is 603 g/mol. The van der Waals surface area contributed by atoms with E-state index in [2.05, 4.69) is 51.6 Å². The Balaban J connectivity index is 1.55. The molecule has 1 aliphatic rings. The fourth-order valence-corrected chi connectivity index (χ4v) is 5.38. The van der Waals surface area contributed by atoms with Crippen LogP contribution in [-0.4, -0.2) is 42.3 Å². The van der Waals surface area contributed by atoms with Crippen LogP contribution in [0.3, 0.4) is 0 Å². The third-order valence-electron chi connectivity index (χ3n) is 5.50. The van der Waals surface area contributed by atoms with Gasteiger partial charge in [0, 0.05) is 0 Å². The summed E-state index contributed by atoms with van der Waals surface area (Å²) in [6.45, 7) is 1.82. The van der Waals surface area contributed by atoms with Gasteiger partial charge in [0.1, 0.15) is 12.6 Å². The van der Waals surface area contributed by atoms with Crippen LogP contribution >= 0.6 is 34.4 Å². The molecule has 1 aliphatic heterocycles. The summed E-state index contributed by atoms with van der Waals surface area (Å²) in [7, 11) is 2.76. The van der Waals surface area contributed by atoms with Crippen molar-refractivity contribution in [3.05, 3.63) is 74.2 Å². The van der Waals surface area contributed by atoms with E-state index in [1.165, 1.54) is 14.0 Å². The number of fused-ring (bicyclic) bond motifs is 1. The van der Waals surface area contributed by atoms with Gasteiger partial charge in [0.2, 0.25) is 0 Å². The van der Waals surface area contributed by atoms with Gasteiger partial charge < -0.3 is 14.2 Å². The van der Waals surface area contributed by atoms with Crippen LogP contribution in [0.1, 0.15) is 18.1 Å². The van der Waals surface area contributed by atoms with Crippen LogP contribution in [0.15, 0.2) is 59.5 Å². The summed E-state index contributed by atoms with van der Waals surface area (Å²) in [5, 5.41) is 1.79. The molecule has 1 fully saturated rings. The third kappa shape index (κ3) is 5.30. The molecule has 0 radical (unpaired) electrons. The second-order valence-electron chi connectivity index (χ2n) is 7.76. The van der Waals surface area contributed by atoms with Gasteiger partial charge in [0.15, 0.2) is 11.5 Å². The standard InChI is InChI=1S/C26H22INO6S/c1-15(25(30)33-3)28-24(29)22(35-26(28)31)13-17-11-20(27)23(21(12-17)32-2)34-14-16-8-9-18-6-4-5-7-19(18)10-16/h4-13,15H,14H2,1-3H3/b22-13+/t15-/m0/s1. The molecule has 0 spiro atoms. The summed E-state index contributed by atoms with van der Waals surface area (Å²) in [5.41, 5.74) is 1.69. The van der Waals surface area contributed by atoms with Gasteiger partial charge in [-0.3, -0.25) is 14.5 Å². The molecular weight excluding hydrogens is 581 g/mol. The smallest absolute Gasteiger partial charge is 0.328 e. The lowest BCUT2D eigenvalue weighted by atomic mass is 10.1. The summed E-state index contributed by atoms with van der Waals surface area (Å²) in [4.78, 5) is 38.1. The first kappa shape index (κ1) is 25.1. The predicted molar refractivity (Wildman–Crippen MR) is 143 cm³/mol. The van der Waals surface area contributed by atoms with E-state index in [0.29, 0.717) is 23.7 Å². The van der Waals surface area contributed by atoms with Gasteiger partial charge in [-0.15, -0.1) is 0 Å². The number of hydrogen-bond acceptors (Lipinski definition) is 7. The van der Waals surface area contributed by atoms with Crippen molar-refractivity contribution < 1.29 is 28.6 Å². The van der Waals surface area contributed by atoms with E-state index in [4.69, 9.17) is 9.47 Å². The number of esters is 1. The van der Waals surface area contributed by atoms with E-state index < -0.39 is 23.2 Å². The zero-order chi connectivity index (χ0) is 25.1. The van der Waals surface area contributed by atoms with E-state index >= 15 is 0 Å². The molecule has 0 N–H and O–H groups in total. The zero-order valence-electron chi connectivity index (χ0n) is 19.2. The minimum Gasteiger partial charge on any atom is -0.493 e. The van der Waals surface area contributed by atoms with Gasteiger partial charge in [-0.25, -0.2) is 4.79 Å². The number of carbonyl (C=O) groups is 3. The SMILES string of the molecule is COC(=O)[C@H](C)N1C(=O)S/C(=C/c2cc(I)c(OCc3ccc4ccccc4c3)c(OC)c2)C1=O. The van der Waals surface area contributed by atoms with Gasteiger partial charge in [-0.1, -0.05) is 36.4 Å². The Kier molecular flexibility index (Phi) is 7.66. The van der Waals surface area contributed by atoms with Crippen LogP contribution in [0.2, 0.25) is 0 Å². The number of rotatable bonds is 7. The maximum Gasteiger partial charge on any atom is 0.328 e. The van der Waals surface area contributed by atoms with Gasteiger partial charge >= 0.3 is 5.97 Å². The van der Waals surface area contributed by atoms with Crippen LogP contribution < -0.4 is 9.47 Å². The normalized spacial score (nSPS) is 15.5. The van der Waals surface area contributed by atoms with Crippen molar-refractivity contribution in [1.29, 1.82) is 0 Å². The molecular formula is C26H22INO6S. The molecule has 0 saturated carbocycles. The van der Waals surface area contributed by atoms with E-state index in [1.54, 1.807) is 19.3 Å². The second-order valence-corrected chi connectivity index (χ2v) is 9.91. The molecule has 1 atom stereocenters. The molecule has 7 nitrogen and oxygen atoms in total. The number of halogens is 1. The highest BCUT2D eigenvalue weighted by molar-refractivity contribution is 14.1. The Morgan fingerprint density at radius 2 is 1.83 bits per heavy atom. The first-order chi connectivity index (χ1) is 16.8. The Morgan fingerprint density at radius 1 is 1.09 bits per heavy atom. The Hall–Kier alpha value is -3.05. The number of methoxy groups -OCH3 is 2. The molecule has 4 rings (SSSR count). The zero-order valence-corrected chi connectivity index (χ0v) is 22.2. The lowest BCUT2D eigenvalue weighted by Crippen LogP contribution is -2.42. The molecule has 2 amide bonds. The van der Waals surface area contributed by atoms with Crippen molar-refractivity contribution in [2.24, 2.45) is 0 Å². The van der Waals surface area contributed by atoms with Crippen molar-refractivity contribution >= 4 is 68.3 Å². The van der Waals surface area contributed by atoms with E-state index in [1.807, 2.05) is 24.3 Å². The summed E-state index contributed by atoms with van der Waals surface area (Å²) >= 11 is 2.93. The number of ether oxygens (including phenoxy) is 3. The van der Waals surface area contributed by atoms with Gasteiger partial charge in [0.25, 0.3) is 11.1 Å². The van der Waals surface area contributed by atoms with Gasteiger partial charge in [-0.2, -0.15) is 0 Å². The fourth-order valence-electron chi connectivity index (χ4n) is 3.69. The van der Waals surface area contributed by atoms with Crippen LogP contribution in [0.4, 0.5) is 4.79 Å². The average Bonchev–Trinajstić information content (AvgIpc) is 3.14. The number of imide groups is 1. The summed E-state index contributed by atoms with van der Waals surface area (Å²) in [6.07, 6.45) is 1.60. The number of hydrogen-bond donors (Lipinski definition) is 0. The number of nitrogens with zero attached hydrogens (tertiary/aromatic N) is 1. The van der Waals surface area contributed by atoms with Crippen LogP contribution in [0, 0.1) is 3.57 Å². The molecule has 3 aromatic rings. The van der Waals surface area contributed by atoms with E-state index in [-0.39, 0.29) is 4.91 Å². The number of benzene rings is 3. The molecule has 1 saturated heterocycles. The monoisotopic (exact) mass is 603 g/mol.